The van der Waals surface area contributed by atoms with Gasteiger partial charge in [0.2, 0.25) is 5.95 Å². The Hall–Kier alpha value is -1.03. The fourth-order valence-electron chi connectivity index (χ4n) is 3.28. The summed E-state index contributed by atoms with van der Waals surface area (Å²) >= 11 is 0. The number of hydrogen-bond acceptors (Lipinski definition) is 3. The summed E-state index contributed by atoms with van der Waals surface area (Å²) in [5.74, 6) is 0.995. The number of methoxy groups -OCH3 is 1. The summed E-state index contributed by atoms with van der Waals surface area (Å²) in [6.07, 6.45) is 7.21. The van der Waals surface area contributed by atoms with Gasteiger partial charge >= 0.3 is 0 Å². The number of aromatic nitrogens is 2. The van der Waals surface area contributed by atoms with Crippen LogP contribution in [0.15, 0.2) is 6.20 Å². The highest BCUT2D eigenvalue weighted by atomic mass is 16.5. The van der Waals surface area contributed by atoms with E-state index in [2.05, 4.69) is 41.8 Å². The normalized spacial score (nSPS) is 23.6. The number of rotatable bonds is 5. The van der Waals surface area contributed by atoms with Gasteiger partial charge in [-0.25, -0.2) is 4.98 Å². The minimum Gasteiger partial charge on any atom is -0.383 e. The van der Waals surface area contributed by atoms with Crippen LogP contribution in [0.4, 0.5) is 5.95 Å². The van der Waals surface area contributed by atoms with Crippen LogP contribution in [0.5, 0.6) is 0 Å². The monoisotopic (exact) mass is 279 g/mol. The molecule has 1 N–H and O–H groups in total. The molecule has 4 nitrogen and oxygen atoms in total. The van der Waals surface area contributed by atoms with Crippen molar-refractivity contribution >= 4 is 5.95 Å². The Balaban J connectivity index is 2.09. The molecule has 1 aromatic rings. The first-order chi connectivity index (χ1) is 9.41. The van der Waals surface area contributed by atoms with Crippen LogP contribution in [0, 0.1) is 12.3 Å². The molecule has 0 spiro atoms. The van der Waals surface area contributed by atoms with Gasteiger partial charge < -0.3 is 14.6 Å². The van der Waals surface area contributed by atoms with Gasteiger partial charge in [0, 0.05) is 19.3 Å². The van der Waals surface area contributed by atoms with E-state index in [-0.39, 0.29) is 0 Å². The summed E-state index contributed by atoms with van der Waals surface area (Å²) in [6.45, 7) is 9.66. The van der Waals surface area contributed by atoms with E-state index in [0.29, 0.717) is 24.1 Å². The molecule has 114 valence electrons. The molecule has 2 atom stereocenters. The van der Waals surface area contributed by atoms with Crippen molar-refractivity contribution in [2.75, 3.05) is 19.0 Å². The van der Waals surface area contributed by atoms with Gasteiger partial charge in [-0.1, -0.05) is 20.3 Å². The number of hydrogen-bond donors (Lipinski definition) is 1. The summed E-state index contributed by atoms with van der Waals surface area (Å²) in [7, 11) is 1.75. The Labute approximate surface area is 122 Å². The fraction of sp³-hybridized carbons (Fsp3) is 0.812. The van der Waals surface area contributed by atoms with Crippen molar-refractivity contribution in [2.24, 2.45) is 5.41 Å². The van der Waals surface area contributed by atoms with Crippen molar-refractivity contribution in [1.82, 2.24) is 9.55 Å². The van der Waals surface area contributed by atoms with Crippen LogP contribution in [0.2, 0.25) is 0 Å². The molecule has 0 bridgehead atoms. The second-order valence-corrected chi connectivity index (χ2v) is 7.02. The third kappa shape index (κ3) is 3.75. The fourth-order valence-corrected chi connectivity index (χ4v) is 3.28. The molecule has 1 saturated carbocycles. The van der Waals surface area contributed by atoms with E-state index in [1.807, 2.05) is 6.92 Å². The maximum absolute atomic E-state index is 5.27. The number of ether oxygens (including phenoxy) is 1. The van der Waals surface area contributed by atoms with E-state index in [9.17, 15) is 0 Å². The Morgan fingerprint density at radius 2 is 2.30 bits per heavy atom. The number of nitrogens with zero attached hydrogens (tertiary/aromatic N) is 2. The van der Waals surface area contributed by atoms with Gasteiger partial charge in [0.15, 0.2) is 0 Å². The van der Waals surface area contributed by atoms with Crippen molar-refractivity contribution in [3.63, 3.8) is 0 Å². The van der Waals surface area contributed by atoms with Gasteiger partial charge in [-0.05, 0) is 38.5 Å². The molecule has 0 amide bonds. The van der Waals surface area contributed by atoms with Crippen molar-refractivity contribution in [3.8, 4) is 0 Å². The zero-order valence-electron chi connectivity index (χ0n) is 13.6. The molecule has 2 rings (SSSR count). The van der Waals surface area contributed by atoms with Gasteiger partial charge in [-0.2, -0.15) is 0 Å². The quantitative estimate of drug-likeness (QED) is 0.891. The smallest absolute Gasteiger partial charge is 0.203 e. The average Bonchev–Trinajstić information content (AvgIpc) is 2.69. The van der Waals surface area contributed by atoms with Crippen molar-refractivity contribution < 1.29 is 4.74 Å². The average molecular weight is 279 g/mol. The molecule has 4 heteroatoms. The molecule has 0 aliphatic heterocycles. The molecular formula is C16H29N3O. The van der Waals surface area contributed by atoms with E-state index in [4.69, 9.17) is 4.74 Å². The molecular weight excluding hydrogens is 250 g/mol. The largest absolute Gasteiger partial charge is 0.383 e. The summed E-state index contributed by atoms with van der Waals surface area (Å²) in [5.41, 5.74) is 1.51. The lowest BCUT2D eigenvalue weighted by Crippen LogP contribution is -2.33. The Morgan fingerprint density at radius 1 is 1.55 bits per heavy atom. The minimum absolute atomic E-state index is 0.306. The van der Waals surface area contributed by atoms with Crippen molar-refractivity contribution in [2.45, 2.75) is 65.5 Å². The topological polar surface area (TPSA) is 39.1 Å². The zero-order valence-corrected chi connectivity index (χ0v) is 13.6. The maximum Gasteiger partial charge on any atom is 0.203 e. The molecule has 1 fully saturated rings. The second-order valence-electron chi connectivity index (χ2n) is 7.02. The standard InChI is InChI=1S/C16H29N3O/c1-12-10-19(13(2)11-20-5)15(17-12)18-14-7-6-8-16(3,4)9-14/h10,13-14H,6-9,11H2,1-5H3,(H,17,18). The maximum atomic E-state index is 5.27. The number of imidazole rings is 1. The predicted molar refractivity (Wildman–Crippen MR) is 83.2 cm³/mol. The highest BCUT2D eigenvalue weighted by Crippen LogP contribution is 2.36. The molecule has 0 radical (unpaired) electrons. The predicted octanol–water partition coefficient (Wildman–Crippen LogP) is 3.78. The van der Waals surface area contributed by atoms with E-state index in [1.165, 1.54) is 25.7 Å². The van der Waals surface area contributed by atoms with E-state index in [0.717, 1.165) is 11.6 Å². The van der Waals surface area contributed by atoms with Crippen LogP contribution in [0.3, 0.4) is 0 Å². The Morgan fingerprint density at radius 3 is 2.95 bits per heavy atom. The second kappa shape index (κ2) is 6.17. The van der Waals surface area contributed by atoms with E-state index >= 15 is 0 Å². The molecule has 0 aromatic carbocycles. The third-order valence-electron chi connectivity index (χ3n) is 4.27. The van der Waals surface area contributed by atoms with Crippen molar-refractivity contribution in [1.29, 1.82) is 0 Å². The summed E-state index contributed by atoms with van der Waals surface area (Å²) in [6, 6.07) is 0.842. The van der Waals surface area contributed by atoms with E-state index < -0.39 is 0 Å². The number of aryl methyl sites for hydroxylation is 1. The SMILES string of the molecule is COCC(C)n1cc(C)nc1NC1CCCC(C)(C)C1. The van der Waals surface area contributed by atoms with Crippen LogP contribution in [-0.4, -0.2) is 29.3 Å². The van der Waals surface area contributed by atoms with Gasteiger partial charge in [0.25, 0.3) is 0 Å². The summed E-state index contributed by atoms with van der Waals surface area (Å²) < 4.78 is 7.48. The number of nitrogens with one attached hydrogen (secondary N) is 1. The molecule has 2 unspecified atom stereocenters. The molecule has 1 aromatic heterocycles. The van der Waals surface area contributed by atoms with Gasteiger partial charge in [-0.3, -0.25) is 0 Å². The Kier molecular flexibility index (Phi) is 4.74. The molecule has 1 aliphatic rings. The van der Waals surface area contributed by atoms with Crippen LogP contribution >= 0.6 is 0 Å². The first-order valence-corrected chi connectivity index (χ1v) is 7.72. The van der Waals surface area contributed by atoms with Crippen LogP contribution in [0.1, 0.15) is 58.2 Å². The summed E-state index contributed by atoms with van der Waals surface area (Å²) in [5, 5.41) is 3.66. The minimum atomic E-state index is 0.306. The molecule has 1 aliphatic carbocycles. The van der Waals surface area contributed by atoms with Gasteiger partial charge in [-0.15, -0.1) is 0 Å². The van der Waals surface area contributed by atoms with Crippen LogP contribution < -0.4 is 5.32 Å². The number of anilines is 1. The third-order valence-corrected chi connectivity index (χ3v) is 4.27. The lowest BCUT2D eigenvalue weighted by molar-refractivity contribution is 0.162. The van der Waals surface area contributed by atoms with Gasteiger partial charge in [0.1, 0.15) is 0 Å². The molecule has 0 saturated heterocycles. The lowest BCUT2D eigenvalue weighted by atomic mass is 9.75. The van der Waals surface area contributed by atoms with Gasteiger partial charge in [0.05, 0.1) is 18.3 Å². The molecule has 20 heavy (non-hydrogen) atoms. The Bertz CT molecular complexity index is 439. The zero-order chi connectivity index (χ0) is 14.8. The summed E-state index contributed by atoms with van der Waals surface area (Å²) in [4.78, 5) is 4.65. The van der Waals surface area contributed by atoms with Crippen LogP contribution in [-0.2, 0) is 4.74 Å². The first-order valence-electron chi connectivity index (χ1n) is 7.72. The highest BCUT2D eigenvalue weighted by molar-refractivity contribution is 5.31. The first kappa shape index (κ1) is 15.4. The van der Waals surface area contributed by atoms with Crippen LogP contribution in [0.25, 0.3) is 0 Å². The molecule has 1 heterocycles. The highest BCUT2D eigenvalue weighted by Gasteiger charge is 2.28. The van der Waals surface area contributed by atoms with E-state index in [1.54, 1.807) is 7.11 Å². The van der Waals surface area contributed by atoms with Crippen molar-refractivity contribution in [3.05, 3.63) is 11.9 Å². The lowest BCUT2D eigenvalue weighted by Gasteiger charge is -2.36.